The Morgan fingerprint density at radius 1 is 0.706 bits per heavy atom. The molecule has 0 aromatic carbocycles. The molecule has 4 nitrogen and oxygen atoms in total. The average Bonchev–Trinajstić information content (AvgIpc) is 2.26. The summed E-state index contributed by atoms with van der Waals surface area (Å²) in [5.74, 6) is 2.13. The van der Waals surface area contributed by atoms with Crippen LogP contribution in [0.25, 0.3) is 0 Å². The van der Waals surface area contributed by atoms with Crippen LogP contribution in [0, 0.1) is 23.7 Å². The molecule has 17 heavy (non-hydrogen) atoms. The summed E-state index contributed by atoms with van der Waals surface area (Å²) in [6, 6.07) is 0. The molecule has 5 aliphatic rings. The first-order valence-corrected chi connectivity index (χ1v) is 6.98. The molecule has 4 aliphatic carbocycles. The minimum Gasteiger partial charge on any atom is -0.234 e. The summed E-state index contributed by atoms with van der Waals surface area (Å²) in [4.78, 5) is 22.1. The van der Waals surface area contributed by atoms with Gasteiger partial charge in [-0.05, 0) is 43.9 Å². The topological polar surface area (TPSA) is 36.9 Å². The molecule has 0 aromatic heterocycles. The molecule has 1 spiro atoms. The van der Waals surface area contributed by atoms with E-state index in [1.54, 1.807) is 0 Å². The van der Waals surface area contributed by atoms with Crippen molar-refractivity contribution in [1.82, 2.24) is 0 Å². The van der Waals surface area contributed by atoms with Crippen molar-refractivity contribution >= 4 is 0 Å². The molecule has 4 bridgehead atoms. The number of hydrogen-bond donors (Lipinski definition) is 0. The summed E-state index contributed by atoms with van der Waals surface area (Å²) in [5.41, 5.74) is 0. The minimum atomic E-state index is -0.589. The van der Waals surface area contributed by atoms with E-state index in [4.69, 9.17) is 19.6 Å². The van der Waals surface area contributed by atoms with Gasteiger partial charge in [0.2, 0.25) is 5.79 Å². The Bertz CT molecular complexity index is 266. The Labute approximate surface area is 101 Å². The lowest BCUT2D eigenvalue weighted by molar-refractivity contribution is -0.559. The van der Waals surface area contributed by atoms with E-state index in [-0.39, 0.29) is 0 Å². The summed E-state index contributed by atoms with van der Waals surface area (Å²) in [6.45, 7) is 1.22. The third-order valence-corrected chi connectivity index (χ3v) is 5.11. The molecule has 5 fully saturated rings. The monoisotopic (exact) mass is 240 g/mol. The van der Waals surface area contributed by atoms with Crippen LogP contribution in [0.3, 0.4) is 0 Å². The molecule has 4 saturated carbocycles. The molecular weight excluding hydrogens is 220 g/mol. The van der Waals surface area contributed by atoms with Crippen molar-refractivity contribution in [2.45, 2.75) is 44.3 Å². The second-order valence-electron chi connectivity index (χ2n) is 6.19. The fraction of sp³-hybridized carbons (Fsp3) is 1.00. The summed E-state index contributed by atoms with van der Waals surface area (Å²) in [6.07, 6.45) is 7.14. The van der Waals surface area contributed by atoms with Gasteiger partial charge < -0.3 is 0 Å². The van der Waals surface area contributed by atoms with Crippen molar-refractivity contribution in [2.24, 2.45) is 23.7 Å². The van der Waals surface area contributed by atoms with Crippen LogP contribution in [-0.2, 0) is 19.6 Å². The maximum Gasteiger partial charge on any atom is 0.239 e. The zero-order valence-electron chi connectivity index (χ0n) is 10.1. The Balaban J connectivity index is 1.62. The van der Waals surface area contributed by atoms with Gasteiger partial charge in [-0.2, -0.15) is 9.78 Å². The van der Waals surface area contributed by atoms with Crippen LogP contribution in [0.1, 0.15) is 38.5 Å². The van der Waals surface area contributed by atoms with Gasteiger partial charge in [-0.1, -0.05) is 0 Å². The van der Waals surface area contributed by atoms with Crippen LogP contribution in [0.15, 0.2) is 0 Å². The van der Waals surface area contributed by atoms with E-state index in [9.17, 15) is 0 Å². The predicted octanol–water partition coefficient (Wildman–Crippen LogP) is 2.44. The van der Waals surface area contributed by atoms with Crippen LogP contribution in [0.4, 0.5) is 0 Å². The van der Waals surface area contributed by atoms with Crippen LogP contribution in [0.5, 0.6) is 0 Å². The fourth-order valence-corrected chi connectivity index (χ4v) is 4.57. The Morgan fingerprint density at radius 2 is 1.24 bits per heavy atom. The van der Waals surface area contributed by atoms with Crippen LogP contribution in [0.2, 0.25) is 0 Å². The molecule has 0 radical (unpaired) electrons. The van der Waals surface area contributed by atoms with Gasteiger partial charge in [-0.15, -0.1) is 0 Å². The highest BCUT2D eigenvalue weighted by molar-refractivity contribution is 5.03. The first-order chi connectivity index (χ1) is 8.37. The van der Waals surface area contributed by atoms with Crippen molar-refractivity contribution in [3.8, 4) is 0 Å². The molecule has 96 valence electrons. The smallest absolute Gasteiger partial charge is 0.234 e. The normalized spacial score (nSPS) is 48.0. The summed E-state index contributed by atoms with van der Waals surface area (Å²) >= 11 is 0. The maximum atomic E-state index is 5.70. The standard InChI is InChI=1S/C13H20O4/c1-2-14-16-13(17-15-3-1)11-5-9-4-10(7-11)8-12(13)6-9/h9-12H,1-8H2. The highest BCUT2D eigenvalue weighted by Crippen LogP contribution is 2.60. The average molecular weight is 240 g/mol. The zero-order valence-corrected chi connectivity index (χ0v) is 10.1. The molecular formula is C13H20O4. The van der Waals surface area contributed by atoms with E-state index in [1.165, 1.54) is 32.1 Å². The van der Waals surface area contributed by atoms with Crippen molar-refractivity contribution in [2.75, 3.05) is 13.2 Å². The summed E-state index contributed by atoms with van der Waals surface area (Å²) in [7, 11) is 0. The summed E-state index contributed by atoms with van der Waals surface area (Å²) in [5, 5.41) is 0. The largest absolute Gasteiger partial charge is 0.239 e. The van der Waals surface area contributed by atoms with Crippen molar-refractivity contribution in [3.05, 3.63) is 0 Å². The van der Waals surface area contributed by atoms with E-state index < -0.39 is 5.79 Å². The van der Waals surface area contributed by atoms with Gasteiger partial charge in [0.05, 0.1) is 13.2 Å². The molecule has 1 saturated heterocycles. The van der Waals surface area contributed by atoms with E-state index in [1.807, 2.05) is 0 Å². The molecule has 0 atom stereocenters. The lowest BCUT2D eigenvalue weighted by Gasteiger charge is -2.58. The first-order valence-electron chi connectivity index (χ1n) is 6.98. The minimum absolute atomic E-state index is 0.469. The van der Waals surface area contributed by atoms with Gasteiger partial charge in [0.25, 0.3) is 0 Å². The third-order valence-electron chi connectivity index (χ3n) is 5.11. The van der Waals surface area contributed by atoms with Crippen LogP contribution in [-0.4, -0.2) is 19.0 Å². The molecule has 4 heteroatoms. The second kappa shape index (κ2) is 3.92. The summed E-state index contributed by atoms with van der Waals surface area (Å²) < 4.78 is 0. The Kier molecular flexibility index (Phi) is 2.47. The van der Waals surface area contributed by atoms with E-state index in [0.717, 1.165) is 18.3 Å². The van der Waals surface area contributed by atoms with Crippen molar-refractivity contribution in [1.29, 1.82) is 0 Å². The highest BCUT2D eigenvalue weighted by atomic mass is 17.3. The number of rotatable bonds is 0. The van der Waals surface area contributed by atoms with E-state index in [2.05, 4.69) is 0 Å². The van der Waals surface area contributed by atoms with Gasteiger partial charge in [-0.3, -0.25) is 0 Å². The SMILES string of the molecule is C1COOC2(OOC1)C1CC3CC(C1)CC2C3. The molecule has 5 rings (SSSR count). The number of hydrogen-bond acceptors (Lipinski definition) is 4. The van der Waals surface area contributed by atoms with Gasteiger partial charge in [0.1, 0.15) is 0 Å². The molecule has 0 aromatic rings. The third kappa shape index (κ3) is 1.58. The molecule has 0 amide bonds. The van der Waals surface area contributed by atoms with Crippen LogP contribution < -0.4 is 0 Å². The van der Waals surface area contributed by atoms with Gasteiger partial charge in [0, 0.05) is 18.3 Å². The zero-order chi connectivity index (χ0) is 11.3. The molecule has 0 unspecified atom stereocenters. The van der Waals surface area contributed by atoms with E-state index >= 15 is 0 Å². The van der Waals surface area contributed by atoms with Gasteiger partial charge in [0.15, 0.2) is 0 Å². The second-order valence-corrected chi connectivity index (χ2v) is 6.19. The lowest BCUT2D eigenvalue weighted by atomic mass is 9.53. The van der Waals surface area contributed by atoms with Gasteiger partial charge >= 0.3 is 0 Å². The Hall–Kier alpha value is -0.160. The quantitative estimate of drug-likeness (QED) is 0.609. The first kappa shape index (κ1) is 10.7. The molecule has 0 N–H and O–H groups in total. The van der Waals surface area contributed by atoms with Gasteiger partial charge in [-0.25, -0.2) is 9.78 Å². The Morgan fingerprint density at radius 3 is 1.76 bits per heavy atom. The molecule has 1 aliphatic heterocycles. The predicted molar refractivity (Wildman–Crippen MR) is 58.5 cm³/mol. The lowest BCUT2D eigenvalue weighted by Crippen LogP contribution is -2.60. The van der Waals surface area contributed by atoms with Crippen LogP contribution >= 0.6 is 0 Å². The van der Waals surface area contributed by atoms with Crippen molar-refractivity contribution in [3.63, 3.8) is 0 Å². The van der Waals surface area contributed by atoms with Crippen molar-refractivity contribution < 1.29 is 19.6 Å². The molecule has 1 heterocycles. The fourth-order valence-electron chi connectivity index (χ4n) is 4.57. The van der Waals surface area contributed by atoms with E-state index in [0.29, 0.717) is 25.0 Å². The maximum absolute atomic E-state index is 5.70. The highest BCUT2D eigenvalue weighted by Gasteiger charge is 2.61.